The van der Waals surface area contributed by atoms with E-state index in [9.17, 15) is 9.18 Å². The van der Waals surface area contributed by atoms with Gasteiger partial charge in [0, 0.05) is 26.1 Å². The predicted molar refractivity (Wildman–Crippen MR) is 99.9 cm³/mol. The molecule has 0 radical (unpaired) electrons. The molecule has 2 aromatic rings. The van der Waals surface area contributed by atoms with Crippen molar-refractivity contribution in [2.75, 3.05) is 33.9 Å². The second kappa shape index (κ2) is 8.83. The quantitative estimate of drug-likeness (QED) is 0.779. The van der Waals surface area contributed by atoms with Gasteiger partial charge < -0.3 is 14.4 Å². The Bertz CT molecular complexity index is 769. The monoisotopic (exact) mass is 373 g/mol. The molecule has 2 unspecified atom stereocenters. The van der Waals surface area contributed by atoms with Crippen LogP contribution in [0.2, 0.25) is 0 Å². The second-order valence-corrected chi connectivity index (χ2v) is 6.53. The lowest BCUT2D eigenvalue weighted by molar-refractivity contribution is -0.132. The zero-order valence-electron chi connectivity index (χ0n) is 15.4. The van der Waals surface area contributed by atoms with Gasteiger partial charge in [-0.2, -0.15) is 0 Å². The minimum atomic E-state index is -0.262. The van der Waals surface area contributed by atoms with Gasteiger partial charge in [0.05, 0.1) is 13.2 Å². The van der Waals surface area contributed by atoms with Gasteiger partial charge in [0.2, 0.25) is 0 Å². The molecule has 6 nitrogen and oxygen atoms in total. The Balaban J connectivity index is 1.56. The molecule has 2 N–H and O–H groups in total. The van der Waals surface area contributed by atoms with Crippen LogP contribution in [-0.2, 0) is 4.79 Å². The van der Waals surface area contributed by atoms with Crippen molar-refractivity contribution in [3.8, 4) is 11.5 Å². The Morgan fingerprint density at radius 2 is 1.89 bits per heavy atom. The summed E-state index contributed by atoms with van der Waals surface area (Å²) in [5.74, 6) is 0.909. The fraction of sp³-hybridized carbons (Fsp3) is 0.350. The van der Waals surface area contributed by atoms with Crippen LogP contribution in [-0.4, -0.2) is 44.7 Å². The molecule has 1 aliphatic heterocycles. The van der Waals surface area contributed by atoms with Gasteiger partial charge in [-0.25, -0.2) is 9.82 Å². The number of amides is 1. The smallest absolute Gasteiger partial charge is 0.260 e. The summed E-state index contributed by atoms with van der Waals surface area (Å²) in [7, 11) is 3.32. The van der Waals surface area contributed by atoms with E-state index in [2.05, 4.69) is 10.9 Å². The van der Waals surface area contributed by atoms with Gasteiger partial charge in [-0.1, -0.05) is 24.3 Å². The fourth-order valence-electron chi connectivity index (χ4n) is 3.17. The summed E-state index contributed by atoms with van der Waals surface area (Å²) in [5, 5.41) is 0. The standard InChI is InChI=1S/C20H24FN3O3/c1-24(19(25)13-27-18-6-4-3-5-17(18)26-2)12-15-11-22-23-20(15)14-7-9-16(21)10-8-14/h3-10,15,20,22-23H,11-13H2,1-2H3. The minimum absolute atomic E-state index is 0.0102. The van der Waals surface area contributed by atoms with Crippen molar-refractivity contribution in [2.45, 2.75) is 6.04 Å². The Kier molecular flexibility index (Phi) is 6.26. The molecule has 0 saturated carbocycles. The van der Waals surface area contributed by atoms with Crippen LogP contribution < -0.4 is 20.3 Å². The average molecular weight is 373 g/mol. The summed E-state index contributed by atoms with van der Waals surface area (Å²) in [6.45, 7) is 1.20. The van der Waals surface area contributed by atoms with Gasteiger partial charge in [0.15, 0.2) is 18.1 Å². The number of likely N-dealkylation sites (N-methyl/N-ethyl adjacent to an activating group) is 1. The number of halogens is 1. The second-order valence-electron chi connectivity index (χ2n) is 6.53. The number of hydrazine groups is 1. The molecule has 0 aliphatic carbocycles. The molecule has 27 heavy (non-hydrogen) atoms. The molecule has 2 atom stereocenters. The van der Waals surface area contributed by atoms with Gasteiger partial charge >= 0.3 is 0 Å². The van der Waals surface area contributed by atoms with Gasteiger partial charge in [-0.15, -0.1) is 0 Å². The largest absolute Gasteiger partial charge is 0.493 e. The molecule has 0 spiro atoms. The Morgan fingerprint density at radius 3 is 2.59 bits per heavy atom. The van der Waals surface area contributed by atoms with Crippen LogP contribution >= 0.6 is 0 Å². The number of hydrogen-bond donors (Lipinski definition) is 2. The van der Waals surface area contributed by atoms with Crippen molar-refractivity contribution in [3.63, 3.8) is 0 Å². The lowest BCUT2D eigenvalue weighted by Crippen LogP contribution is -2.37. The number of hydrogen-bond acceptors (Lipinski definition) is 5. The first kappa shape index (κ1) is 19.1. The van der Waals surface area contributed by atoms with Crippen LogP contribution in [0.4, 0.5) is 4.39 Å². The molecule has 1 aliphatic rings. The average Bonchev–Trinajstić information content (AvgIpc) is 3.14. The van der Waals surface area contributed by atoms with Crippen molar-refractivity contribution in [1.29, 1.82) is 0 Å². The molecule has 3 rings (SSSR count). The highest BCUT2D eigenvalue weighted by atomic mass is 19.1. The molecule has 1 saturated heterocycles. The van der Waals surface area contributed by atoms with Crippen LogP contribution in [0, 0.1) is 11.7 Å². The molecule has 144 valence electrons. The molecule has 0 aromatic heterocycles. The molecule has 7 heteroatoms. The van der Waals surface area contributed by atoms with Crippen LogP contribution in [0.1, 0.15) is 11.6 Å². The highest BCUT2D eigenvalue weighted by molar-refractivity contribution is 5.77. The number of methoxy groups -OCH3 is 1. The normalized spacial score (nSPS) is 18.9. The van der Waals surface area contributed by atoms with Gasteiger partial charge in [-0.05, 0) is 29.8 Å². The molecule has 2 aromatic carbocycles. The molecule has 1 amide bonds. The topological polar surface area (TPSA) is 62.8 Å². The van der Waals surface area contributed by atoms with Crippen LogP contribution in [0.15, 0.2) is 48.5 Å². The highest BCUT2D eigenvalue weighted by Crippen LogP contribution is 2.27. The molecule has 0 bridgehead atoms. The molecular weight excluding hydrogens is 349 g/mol. The maximum absolute atomic E-state index is 13.2. The summed E-state index contributed by atoms with van der Waals surface area (Å²) in [5.41, 5.74) is 7.31. The lowest BCUT2D eigenvalue weighted by atomic mass is 9.94. The summed E-state index contributed by atoms with van der Waals surface area (Å²) in [6.07, 6.45) is 0. The SMILES string of the molecule is COc1ccccc1OCC(=O)N(C)CC1CNNC1c1ccc(F)cc1. The highest BCUT2D eigenvalue weighted by Gasteiger charge is 2.30. The van der Waals surface area contributed by atoms with Crippen LogP contribution in [0.5, 0.6) is 11.5 Å². The van der Waals surface area contributed by atoms with Crippen molar-refractivity contribution in [1.82, 2.24) is 15.8 Å². The van der Waals surface area contributed by atoms with E-state index in [0.29, 0.717) is 24.6 Å². The van der Waals surface area contributed by atoms with Crippen molar-refractivity contribution in [2.24, 2.45) is 5.92 Å². The van der Waals surface area contributed by atoms with E-state index in [1.165, 1.54) is 12.1 Å². The molecule has 1 fully saturated rings. The summed E-state index contributed by atoms with van der Waals surface area (Å²) in [4.78, 5) is 14.1. The zero-order valence-corrected chi connectivity index (χ0v) is 15.4. The van der Waals surface area contributed by atoms with E-state index in [4.69, 9.17) is 9.47 Å². The number of carbonyl (C=O) groups excluding carboxylic acids is 1. The van der Waals surface area contributed by atoms with Crippen molar-refractivity contribution >= 4 is 5.91 Å². The fourth-order valence-corrected chi connectivity index (χ4v) is 3.17. The maximum atomic E-state index is 13.2. The number of ether oxygens (including phenoxy) is 2. The predicted octanol–water partition coefficient (Wildman–Crippen LogP) is 2.14. The van der Waals surface area contributed by atoms with Crippen molar-refractivity contribution in [3.05, 3.63) is 59.9 Å². The van der Waals surface area contributed by atoms with E-state index in [0.717, 1.165) is 5.56 Å². The Morgan fingerprint density at radius 1 is 1.19 bits per heavy atom. The summed E-state index contributed by atoms with van der Waals surface area (Å²) in [6, 6.07) is 13.7. The molecule has 1 heterocycles. The van der Waals surface area contributed by atoms with Gasteiger partial charge in [0.1, 0.15) is 5.82 Å². The van der Waals surface area contributed by atoms with Gasteiger partial charge in [0.25, 0.3) is 5.91 Å². The van der Waals surface area contributed by atoms with Crippen LogP contribution in [0.25, 0.3) is 0 Å². The number of nitrogens with one attached hydrogen (secondary N) is 2. The molecular formula is C20H24FN3O3. The number of para-hydroxylation sites is 2. The zero-order chi connectivity index (χ0) is 19.2. The first-order valence-electron chi connectivity index (χ1n) is 8.82. The van der Waals surface area contributed by atoms with E-state index in [-0.39, 0.29) is 30.3 Å². The van der Waals surface area contributed by atoms with Gasteiger partial charge in [-0.3, -0.25) is 10.2 Å². The lowest BCUT2D eigenvalue weighted by Gasteiger charge is -2.25. The summed E-state index contributed by atoms with van der Waals surface area (Å²) >= 11 is 0. The van der Waals surface area contributed by atoms with E-state index in [1.807, 2.05) is 12.1 Å². The Labute approximate surface area is 158 Å². The minimum Gasteiger partial charge on any atom is -0.493 e. The van der Waals surface area contributed by atoms with Crippen molar-refractivity contribution < 1.29 is 18.7 Å². The number of benzene rings is 2. The summed E-state index contributed by atoms with van der Waals surface area (Å²) < 4.78 is 24.0. The third kappa shape index (κ3) is 4.75. The maximum Gasteiger partial charge on any atom is 0.260 e. The first-order chi connectivity index (χ1) is 13.1. The third-order valence-corrected chi connectivity index (χ3v) is 4.68. The third-order valence-electron chi connectivity index (χ3n) is 4.68. The number of rotatable bonds is 7. The number of carbonyl (C=O) groups is 1. The van der Waals surface area contributed by atoms with E-state index in [1.54, 1.807) is 43.3 Å². The van der Waals surface area contributed by atoms with E-state index >= 15 is 0 Å². The first-order valence-corrected chi connectivity index (χ1v) is 8.82. The van der Waals surface area contributed by atoms with Crippen LogP contribution in [0.3, 0.4) is 0 Å². The Hall–Kier alpha value is -2.64. The number of nitrogens with zero attached hydrogens (tertiary/aromatic N) is 1. The van der Waals surface area contributed by atoms with E-state index < -0.39 is 0 Å².